The van der Waals surface area contributed by atoms with Gasteiger partial charge < -0.3 is 10.4 Å². The number of aryl methyl sites for hydroxylation is 1. The van der Waals surface area contributed by atoms with Crippen LogP contribution in [0.4, 0.5) is 11.4 Å². The number of nitro benzene ring substituents is 1. The van der Waals surface area contributed by atoms with Gasteiger partial charge in [-0.05, 0) is 37.7 Å². The van der Waals surface area contributed by atoms with Crippen LogP contribution in [-0.2, 0) is 0 Å². The molecule has 0 saturated heterocycles. The van der Waals surface area contributed by atoms with Gasteiger partial charge in [0.05, 0.1) is 10.5 Å². The molecule has 2 unspecified atom stereocenters. The Labute approximate surface area is 122 Å². The van der Waals surface area contributed by atoms with E-state index in [1.54, 1.807) is 30.8 Å². The molecule has 0 bridgehead atoms. The molecule has 2 N–H and O–H groups in total. The summed E-state index contributed by atoms with van der Waals surface area (Å²) in [6.45, 7) is 4.30. The Balaban J connectivity index is 1.98. The maximum Gasteiger partial charge on any atom is 0.272 e. The van der Waals surface area contributed by atoms with Gasteiger partial charge in [-0.25, -0.2) is 0 Å². The lowest BCUT2D eigenvalue weighted by atomic mass is 9.79. The summed E-state index contributed by atoms with van der Waals surface area (Å²) in [4.78, 5) is 10.4. The molecule has 1 aliphatic carbocycles. The molecule has 20 heavy (non-hydrogen) atoms. The predicted molar refractivity (Wildman–Crippen MR) is 82.4 cm³/mol. The molecule has 2 rings (SSSR count). The minimum absolute atomic E-state index is 0.123. The largest absolute Gasteiger partial charge is 0.387 e. The number of anilines is 1. The standard InChI is InChI=1S/C14H20N2O3S/c1-3-20-13-6-7-14(13,17)9-15-11-4-5-12(16(18)19)10(2)8-11/h4-5,8,13,15,17H,3,6-7,9H2,1-2H3. The Kier molecular flexibility index (Phi) is 4.55. The van der Waals surface area contributed by atoms with E-state index in [9.17, 15) is 15.2 Å². The van der Waals surface area contributed by atoms with Gasteiger partial charge in [-0.1, -0.05) is 6.92 Å². The molecule has 1 fully saturated rings. The smallest absolute Gasteiger partial charge is 0.272 e. The van der Waals surface area contributed by atoms with Crippen molar-refractivity contribution in [1.29, 1.82) is 0 Å². The van der Waals surface area contributed by atoms with Gasteiger partial charge in [0.1, 0.15) is 0 Å². The summed E-state index contributed by atoms with van der Waals surface area (Å²) in [5.74, 6) is 1.00. The Hall–Kier alpha value is -1.27. The molecule has 6 heteroatoms. The van der Waals surface area contributed by atoms with Crippen molar-refractivity contribution >= 4 is 23.1 Å². The number of nitro groups is 1. The van der Waals surface area contributed by atoms with Crippen LogP contribution in [0.1, 0.15) is 25.3 Å². The fourth-order valence-electron chi connectivity index (χ4n) is 2.46. The van der Waals surface area contributed by atoms with Gasteiger partial charge in [0, 0.05) is 29.1 Å². The van der Waals surface area contributed by atoms with Crippen LogP contribution < -0.4 is 5.32 Å². The van der Waals surface area contributed by atoms with Crippen LogP contribution in [0, 0.1) is 17.0 Å². The maximum absolute atomic E-state index is 10.8. The molecule has 0 radical (unpaired) electrons. The molecule has 0 spiro atoms. The van der Waals surface area contributed by atoms with Gasteiger partial charge in [-0.15, -0.1) is 0 Å². The topological polar surface area (TPSA) is 75.4 Å². The molecular formula is C14H20N2O3S. The first-order valence-corrected chi connectivity index (χ1v) is 7.84. The molecule has 110 valence electrons. The Morgan fingerprint density at radius 2 is 2.35 bits per heavy atom. The molecule has 1 aromatic rings. The molecule has 0 amide bonds. The van der Waals surface area contributed by atoms with Gasteiger partial charge in [-0.3, -0.25) is 10.1 Å². The normalized spacial score (nSPS) is 25.1. The third-order valence-corrected chi connectivity index (χ3v) is 5.21. The number of nitrogens with zero attached hydrogens (tertiary/aromatic N) is 1. The van der Waals surface area contributed by atoms with Crippen molar-refractivity contribution < 1.29 is 10.0 Å². The van der Waals surface area contributed by atoms with Gasteiger partial charge >= 0.3 is 0 Å². The zero-order valence-electron chi connectivity index (χ0n) is 11.8. The van der Waals surface area contributed by atoms with E-state index in [1.807, 2.05) is 0 Å². The van der Waals surface area contributed by atoms with Crippen molar-refractivity contribution in [3.05, 3.63) is 33.9 Å². The number of hydrogen-bond donors (Lipinski definition) is 2. The van der Waals surface area contributed by atoms with E-state index >= 15 is 0 Å². The lowest BCUT2D eigenvalue weighted by Crippen LogP contribution is -2.54. The Morgan fingerprint density at radius 1 is 1.60 bits per heavy atom. The van der Waals surface area contributed by atoms with E-state index in [-0.39, 0.29) is 10.6 Å². The van der Waals surface area contributed by atoms with Crippen LogP contribution in [-0.4, -0.2) is 33.2 Å². The molecule has 0 heterocycles. The fraction of sp³-hybridized carbons (Fsp3) is 0.571. The second-order valence-corrected chi connectivity index (χ2v) is 6.68. The highest BCUT2D eigenvalue weighted by atomic mass is 32.2. The van der Waals surface area contributed by atoms with Crippen LogP contribution in [0.15, 0.2) is 18.2 Å². The van der Waals surface area contributed by atoms with Crippen molar-refractivity contribution in [1.82, 2.24) is 0 Å². The van der Waals surface area contributed by atoms with Gasteiger partial charge in [0.15, 0.2) is 0 Å². The van der Waals surface area contributed by atoms with E-state index in [0.717, 1.165) is 24.3 Å². The van der Waals surface area contributed by atoms with Crippen molar-refractivity contribution in [2.75, 3.05) is 17.6 Å². The zero-order chi connectivity index (χ0) is 14.8. The van der Waals surface area contributed by atoms with E-state index in [2.05, 4.69) is 12.2 Å². The zero-order valence-corrected chi connectivity index (χ0v) is 12.6. The number of hydrogen-bond acceptors (Lipinski definition) is 5. The maximum atomic E-state index is 10.8. The monoisotopic (exact) mass is 296 g/mol. The highest BCUT2D eigenvalue weighted by molar-refractivity contribution is 8.00. The summed E-state index contributed by atoms with van der Waals surface area (Å²) in [6, 6.07) is 4.94. The molecule has 0 aliphatic heterocycles. The quantitative estimate of drug-likeness (QED) is 0.623. The summed E-state index contributed by atoms with van der Waals surface area (Å²) in [5, 5.41) is 24.7. The molecule has 0 aromatic heterocycles. The first-order chi connectivity index (χ1) is 9.46. The average Bonchev–Trinajstić information content (AvgIpc) is 2.40. The summed E-state index contributed by atoms with van der Waals surface area (Å²) < 4.78 is 0. The lowest BCUT2D eigenvalue weighted by molar-refractivity contribution is -0.385. The number of rotatable bonds is 6. The van der Waals surface area contributed by atoms with Gasteiger partial charge in [-0.2, -0.15) is 11.8 Å². The molecular weight excluding hydrogens is 276 g/mol. The van der Waals surface area contributed by atoms with Crippen LogP contribution in [0.2, 0.25) is 0 Å². The Morgan fingerprint density at radius 3 is 2.85 bits per heavy atom. The highest BCUT2D eigenvalue weighted by Gasteiger charge is 2.44. The first-order valence-electron chi connectivity index (χ1n) is 6.79. The van der Waals surface area contributed by atoms with E-state index < -0.39 is 5.60 Å². The summed E-state index contributed by atoms with van der Waals surface area (Å²) in [6.07, 6.45) is 1.86. The predicted octanol–water partition coefficient (Wildman–Crippen LogP) is 2.96. The van der Waals surface area contributed by atoms with Crippen molar-refractivity contribution in [2.24, 2.45) is 0 Å². The van der Waals surface area contributed by atoms with Crippen molar-refractivity contribution in [3.8, 4) is 0 Å². The summed E-state index contributed by atoms with van der Waals surface area (Å²) >= 11 is 1.79. The SMILES string of the molecule is CCSC1CCC1(O)CNc1ccc([N+](=O)[O-])c(C)c1. The van der Waals surface area contributed by atoms with Gasteiger partial charge in [0.2, 0.25) is 0 Å². The van der Waals surface area contributed by atoms with E-state index in [4.69, 9.17) is 0 Å². The molecule has 1 aromatic carbocycles. The molecule has 2 atom stereocenters. The van der Waals surface area contributed by atoms with Gasteiger partial charge in [0.25, 0.3) is 5.69 Å². The number of nitrogens with one attached hydrogen (secondary N) is 1. The van der Waals surface area contributed by atoms with E-state index in [0.29, 0.717) is 17.4 Å². The van der Waals surface area contributed by atoms with Crippen molar-refractivity contribution in [2.45, 2.75) is 37.5 Å². The Bertz CT molecular complexity index is 509. The summed E-state index contributed by atoms with van der Waals surface area (Å²) in [5.41, 5.74) is 0.905. The molecule has 1 aliphatic rings. The third kappa shape index (κ3) is 3.07. The lowest BCUT2D eigenvalue weighted by Gasteiger charge is -2.45. The number of aliphatic hydroxyl groups is 1. The summed E-state index contributed by atoms with van der Waals surface area (Å²) in [7, 11) is 0. The fourth-order valence-corrected chi connectivity index (χ4v) is 3.66. The van der Waals surface area contributed by atoms with Crippen LogP contribution in [0.25, 0.3) is 0 Å². The first kappa shape index (κ1) is 15.1. The minimum Gasteiger partial charge on any atom is -0.387 e. The minimum atomic E-state index is -0.656. The van der Waals surface area contributed by atoms with Crippen molar-refractivity contribution in [3.63, 3.8) is 0 Å². The average molecular weight is 296 g/mol. The second-order valence-electron chi connectivity index (χ2n) is 5.20. The number of thioether (sulfide) groups is 1. The third-order valence-electron chi connectivity index (χ3n) is 3.80. The highest BCUT2D eigenvalue weighted by Crippen LogP contribution is 2.41. The van der Waals surface area contributed by atoms with Crippen LogP contribution in [0.5, 0.6) is 0 Å². The molecule has 5 nitrogen and oxygen atoms in total. The van der Waals surface area contributed by atoms with Crippen LogP contribution >= 0.6 is 11.8 Å². The van der Waals surface area contributed by atoms with E-state index in [1.165, 1.54) is 6.07 Å². The number of benzene rings is 1. The van der Waals surface area contributed by atoms with Crippen LogP contribution in [0.3, 0.4) is 0 Å². The second kappa shape index (κ2) is 6.01. The molecule has 1 saturated carbocycles.